The SMILES string of the molecule is C=CCOC(=O)[C@H](C(=O)OC)[C@@H](CC(C)C)OCc1ccccc1. The van der Waals surface area contributed by atoms with Crippen LogP contribution in [0.5, 0.6) is 0 Å². The lowest BCUT2D eigenvalue weighted by Gasteiger charge is -2.25. The van der Waals surface area contributed by atoms with Crippen LogP contribution in [0.2, 0.25) is 0 Å². The molecule has 0 heterocycles. The summed E-state index contributed by atoms with van der Waals surface area (Å²) >= 11 is 0. The van der Waals surface area contributed by atoms with E-state index in [1.807, 2.05) is 44.2 Å². The zero-order chi connectivity index (χ0) is 17.9. The van der Waals surface area contributed by atoms with Gasteiger partial charge in [-0.05, 0) is 17.9 Å². The van der Waals surface area contributed by atoms with Crippen LogP contribution in [-0.4, -0.2) is 31.8 Å². The number of carbonyl (C=O) groups is 2. The Labute approximate surface area is 143 Å². The van der Waals surface area contributed by atoms with Crippen LogP contribution in [0.15, 0.2) is 43.0 Å². The molecule has 1 rings (SSSR count). The lowest BCUT2D eigenvalue weighted by molar-refractivity contribution is -0.168. The minimum Gasteiger partial charge on any atom is -0.468 e. The molecule has 0 unspecified atom stereocenters. The molecule has 0 fully saturated rings. The van der Waals surface area contributed by atoms with E-state index >= 15 is 0 Å². The predicted molar refractivity (Wildman–Crippen MR) is 91.1 cm³/mol. The van der Waals surface area contributed by atoms with Crippen molar-refractivity contribution in [3.05, 3.63) is 48.6 Å². The molecule has 0 bridgehead atoms. The fourth-order valence-electron chi connectivity index (χ4n) is 2.30. The number of carbonyl (C=O) groups excluding carboxylic acids is 2. The molecule has 0 aliphatic heterocycles. The highest BCUT2D eigenvalue weighted by atomic mass is 16.6. The summed E-state index contributed by atoms with van der Waals surface area (Å²) in [6, 6.07) is 9.59. The van der Waals surface area contributed by atoms with Crippen molar-refractivity contribution in [3.8, 4) is 0 Å². The van der Waals surface area contributed by atoms with Crippen LogP contribution in [0, 0.1) is 11.8 Å². The fourth-order valence-corrected chi connectivity index (χ4v) is 2.30. The average Bonchev–Trinajstić information content (AvgIpc) is 2.58. The monoisotopic (exact) mass is 334 g/mol. The molecule has 2 atom stereocenters. The second-order valence-corrected chi connectivity index (χ2v) is 5.88. The maximum Gasteiger partial charge on any atom is 0.323 e. The van der Waals surface area contributed by atoms with Crippen LogP contribution in [0.25, 0.3) is 0 Å². The fraction of sp³-hybridized carbons (Fsp3) is 0.474. The van der Waals surface area contributed by atoms with Gasteiger partial charge in [0.1, 0.15) is 6.61 Å². The van der Waals surface area contributed by atoms with Crippen LogP contribution in [0.1, 0.15) is 25.8 Å². The predicted octanol–water partition coefficient (Wildman–Crippen LogP) is 3.14. The van der Waals surface area contributed by atoms with Crippen molar-refractivity contribution >= 4 is 11.9 Å². The van der Waals surface area contributed by atoms with Gasteiger partial charge in [-0.1, -0.05) is 56.8 Å². The van der Waals surface area contributed by atoms with E-state index in [1.54, 1.807) is 0 Å². The average molecular weight is 334 g/mol. The van der Waals surface area contributed by atoms with Crippen molar-refractivity contribution in [2.75, 3.05) is 13.7 Å². The highest BCUT2D eigenvalue weighted by Crippen LogP contribution is 2.21. The second-order valence-electron chi connectivity index (χ2n) is 5.88. The van der Waals surface area contributed by atoms with Gasteiger partial charge in [-0.25, -0.2) is 0 Å². The number of hydrogen-bond donors (Lipinski definition) is 0. The number of benzene rings is 1. The van der Waals surface area contributed by atoms with E-state index in [-0.39, 0.29) is 12.5 Å². The Hall–Kier alpha value is -2.14. The van der Waals surface area contributed by atoms with E-state index in [0.717, 1.165) is 5.56 Å². The normalized spacial score (nSPS) is 13.2. The molecule has 0 N–H and O–H groups in total. The van der Waals surface area contributed by atoms with Gasteiger partial charge in [0.15, 0.2) is 5.92 Å². The lowest BCUT2D eigenvalue weighted by Crippen LogP contribution is -2.39. The Morgan fingerprint density at radius 3 is 2.38 bits per heavy atom. The summed E-state index contributed by atoms with van der Waals surface area (Å²) in [5, 5.41) is 0. The number of rotatable bonds is 10. The number of esters is 2. The third kappa shape index (κ3) is 6.54. The Morgan fingerprint density at radius 2 is 1.83 bits per heavy atom. The molecule has 24 heavy (non-hydrogen) atoms. The molecular formula is C19H26O5. The molecule has 0 aliphatic rings. The Bertz CT molecular complexity index is 524. The third-order valence-electron chi connectivity index (χ3n) is 3.43. The van der Waals surface area contributed by atoms with E-state index in [2.05, 4.69) is 6.58 Å². The Balaban J connectivity index is 2.91. The molecule has 0 aromatic heterocycles. The Morgan fingerprint density at radius 1 is 1.17 bits per heavy atom. The van der Waals surface area contributed by atoms with Crippen molar-refractivity contribution in [2.24, 2.45) is 11.8 Å². The summed E-state index contributed by atoms with van der Waals surface area (Å²) < 4.78 is 15.7. The first-order valence-corrected chi connectivity index (χ1v) is 8.00. The smallest absolute Gasteiger partial charge is 0.323 e. The summed E-state index contributed by atoms with van der Waals surface area (Å²) in [5.41, 5.74) is 0.967. The molecule has 0 radical (unpaired) electrons. The topological polar surface area (TPSA) is 61.8 Å². The van der Waals surface area contributed by atoms with Gasteiger partial charge < -0.3 is 14.2 Å². The summed E-state index contributed by atoms with van der Waals surface area (Å²) in [4.78, 5) is 24.4. The van der Waals surface area contributed by atoms with Gasteiger partial charge in [-0.3, -0.25) is 9.59 Å². The third-order valence-corrected chi connectivity index (χ3v) is 3.43. The minimum absolute atomic E-state index is 0.0411. The van der Waals surface area contributed by atoms with Crippen molar-refractivity contribution in [3.63, 3.8) is 0 Å². The highest BCUT2D eigenvalue weighted by Gasteiger charge is 2.38. The summed E-state index contributed by atoms with van der Waals surface area (Å²) in [6.07, 6.45) is 1.37. The van der Waals surface area contributed by atoms with Crippen molar-refractivity contribution in [1.29, 1.82) is 0 Å². The molecule has 0 amide bonds. The first-order valence-electron chi connectivity index (χ1n) is 8.00. The first kappa shape index (κ1) is 19.9. The molecule has 1 aromatic carbocycles. The van der Waals surface area contributed by atoms with E-state index in [0.29, 0.717) is 13.0 Å². The molecule has 1 aromatic rings. The van der Waals surface area contributed by atoms with Crippen LogP contribution >= 0.6 is 0 Å². The molecule has 0 aliphatic carbocycles. The van der Waals surface area contributed by atoms with Gasteiger partial charge in [0.25, 0.3) is 0 Å². The maximum absolute atomic E-state index is 12.3. The van der Waals surface area contributed by atoms with E-state index < -0.39 is 24.0 Å². The Kier molecular flexibility index (Phi) is 8.79. The van der Waals surface area contributed by atoms with Crippen molar-refractivity contribution in [1.82, 2.24) is 0 Å². The maximum atomic E-state index is 12.3. The van der Waals surface area contributed by atoms with Crippen molar-refractivity contribution < 1.29 is 23.8 Å². The van der Waals surface area contributed by atoms with Crippen LogP contribution in [0.4, 0.5) is 0 Å². The minimum atomic E-state index is -1.11. The number of ether oxygens (including phenoxy) is 3. The zero-order valence-electron chi connectivity index (χ0n) is 14.6. The molecule has 0 spiro atoms. The van der Waals surface area contributed by atoms with Crippen molar-refractivity contribution in [2.45, 2.75) is 33.0 Å². The van der Waals surface area contributed by atoms with E-state index in [4.69, 9.17) is 14.2 Å². The van der Waals surface area contributed by atoms with E-state index in [1.165, 1.54) is 13.2 Å². The van der Waals surface area contributed by atoms with Gasteiger partial charge in [0, 0.05) is 0 Å². The zero-order valence-corrected chi connectivity index (χ0v) is 14.6. The summed E-state index contributed by atoms with van der Waals surface area (Å²) in [6.45, 7) is 7.85. The second kappa shape index (κ2) is 10.6. The van der Waals surface area contributed by atoms with Crippen LogP contribution in [-0.2, 0) is 30.4 Å². The van der Waals surface area contributed by atoms with E-state index in [9.17, 15) is 9.59 Å². The summed E-state index contributed by atoms with van der Waals surface area (Å²) in [5.74, 6) is -2.17. The number of methoxy groups -OCH3 is 1. The van der Waals surface area contributed by atoms with Gasteiger partial charge in [-0.15, -0.1) is 0 Å². The van der Waals surface area contributed by atoms with Gasteiger partial charge in [0.05, 0.1) is 19.8 Å². The highest BCUT2D eigenvalue weighted by molar-refractivity contribution is 5.95. The largest absolute Gasteiger partial charge is 0.468 e. The quantitative estimate of drug-likeness (QED) is 0.374. The molecule has 132 valence electrons. The number of hydrogen-bond acceptors (Lipinski definition) is 5. The summed E-state index contributed by atoms with van der Waals surface area (Å²) in [7, 11) is 1.25. The van der Waals surface area contributed by atoms with Gasteiger partial charge >= 0.3 is 11.9 Å². The molecular weight excluding hydrogens is 308 g/mol. The van der Waals surface area contributed by atoms with Gasteiger partial charge in [0.2, 0.25) is 0 Å². The molecule has 5 heteroatoms. The lowest BCUT2D eigenvalue weighted by atomic mass is 9.94. The first-order chi connectivity index (χ1) is 11.5. The molecule has 0 saturated carbocycles. The van der Waals surface area contributed by atoms with Crippen LogP contribution in [0.3, 0.4) is 0 Å². The molecule has 0 saturated heterocycles. The van der Waals surface area contributed by atoms with Crippen LogP contribution < -0.4 is 0 Å². The van der Waals surface area contributed by atoms with Gasteiger partial charge in [-0.2, -0.15) is 0 Å². The molecule has 5 nitrogen and oxygen atoms in total. The standard InChI is InChI=1S/C19H26O5/c1-5-11-23-19(21)17(18(20)22-4)16(12-14(2)3)24-13-15-9-7-6-8-10-15/h5-10,14,16-17H,1,11-13H2,2-4H3/t16-,17+/m1/s1.